The highest BCUT2D eigenvalue weighted by Gasteiger charge is 2.50. The van der Waals surface area contributed by atoms with E-state index in [1.807, 2.05) is 54.6 Å². The Balaban J connectivity index is 1.45. The first kappa shape index (κ1) is 24.9. The van der Waals surface area contributed by atoms with Crippen LogP contribution in [0.4, 0.5) is 0 Å². The van der Waals surface area contributed by atoms with Gasteiger partial charge in [-0.1, -0.05) is 35.5 Å². The highest BCUT2D eigenvalue weighted by atomic mass is 16.7. The smallest absolute Gasteiger partial charge is 0.310 e. The molecule has 0 spiro atoms. The van der Waals surface area contributed by atoms with Gasteiger partial charge in [-0.3, -0.25) is 4.79 Å². The Morgan fingerprint density at radius 3 is 2.36 bits per heavy atom. The number of esters is 1. The molecule has 3 aromatic rings. The van der Waals surface area contributed by atoms with E-state index in [1.54, 1.807) is 21.3 Å². The number of benzene rings is 3. The van der Waals surface area contributed by atoms with E-state index >= 15 is 0 Å². The molecule has 3 atom stereocenters. The third-order valence-corrected chi connectivity index (χ3v) is 7.51. The molecule has 3 aromatic carbocycles. The lowest BCUT2D eigenvalue weighted by Crippen LogP contribution is -2.41. The topological polar surface area (TPSA) is 94.0 Å². The number of methoxy groups -OCH3 is 3. The van der Waals surface area contributed by atoms with Gasteiger partial charge in [0.15, 0.2) is 23.0 Å². The fourth-order valence-electron chi connectivity index (χ4n) is 5.70. The normalized spacial score (nSPS) is 20.3. The van der Waals surface area contributed by atoms with Crippen LogP contribution in [0.2, 0.25) is 0 Å². The molecule has 0 amide bonds. The second-order valence-electron chi connectivity index (χ2n) is 9.54. The average Bonchev–Trinajstić information content (AvgIpc) is 3.64. The highest BCUT2D eigenvalue weighted by Crippen LogP contribution is 2.52. The Morgan fingerprint density at radius 1 is 0.949 bits per heavy atom. The van der Waals surface area contributed by atoms with Crippen LogP contribution in [0.3, 0.4) is 0 Å². The number of hydrogen-bond acceptors (Lipinski definition) is 9. The van der Waals surface area contributed by atoms with Gasteiger partial charge in [-0.05, 0) is 41.0 Å². The molecule has 2 aliphatic heterocycles. The summed E-state index contributed by atoms with van der Waals surface area (Å²) in [7, 11) is 4.69. The number of rotatable bonds is 8. The van der Waals surface area contributed by atoms with Gasteiger partial charge in [-0.15, -0.1) is 0 Å². The lowest BCUT2D eigenvalue weighted by molar-refractivity contribution is -0.150. The molecule has 202 valence electrons. The Bertz CT molecular complexity index is 1390. The van der Waals surface area contributed by atoms with Crippen molar-refractivity contribution in [3.05, 3.63) is 76.9 Å². The molecule has 1 aliphatic carbocycles. The molecule has 0 aromatic heterocycles. The molecule has 9 nitrogen and oxygen atoms in total. The predicted octanol–water partition coefficient (Wildman–Crippen LogP) is 4.34. The van der Waals surface area contributed by atoms with Crippen molar-refractivity contribution in [1.29, 1.82) is 0 Å². The Hall–Kier alpha value is -4.40. The van der Waals surface area contributed by atoms with Crippen molar-refractivity contribution < 1.29 is 38.1 Å². The lowest BCUT2D eigenvalue weighted by Gasteiger charge is -2.36. The number of hydrogen-bond donors (Lipinski definition) is 0. The summed E-state index contributed by atoms with van der Waals surface area (Å²) in [5.41, 5.74) is 4.32. The lowest BCUT2D eigenvalue weighted by atomic mass is 9.65. The van der Waals surface area contributed by atoms with Gasteiger partial charge < -0.3 is 33.3 Å². The van der Waals surface area contributed by atoms with Gasteiger partial charge in [-0.2, -0.15) is 0 Å². The van der Waals surface area contributed by atoms with Crippen LogP contribution >= 0.6 is 0 Å². The van der Waals surface area contributed by atoms with Crippen LogP contribution in [0.5, 0.6) is 28.7 Å². The van der Waals surface area contributed by atoms with Gasteiger partial charge >= 0.3 is 5.97 Å². The minimum absolute atomic E-state index is 0.129. The monoisotopic (exact) mass is 531 g/mol. The molecule has 3 aliphatic rings. The second kappa shape index (κ2) is 10.4. The van der Waals surface area contributed by atoms with Gasteiger partial charge in [0.25, 0.3) is 0 Å². The zero-order valence-electron chi connectivity index (χ0n) is 22.0. The summed E-state index contributed by atoms with van der Waals surface area (Å²) < 4.78 is 34.2. The van der Waals surface area contributed by atoms with E-state index in [2.05, 4.69) is 5.16 Å². The van der Waals surface area contributed by atoms with E-state index in [0.717, 1.165) is 22.3 Å². The first-order valence-corrected chi connectivity index (χ1v) is 12.8. The number of carbonyl (C=O) groups excluding carboxylic acids is 1. The van der Waals surface area contributed by atoms with Crippen LogP contribution in [0.15, 0.2) is 59.8 Å². The summed E-state index contributed by atoms with van der Waals surface area (Å²) in [6.45, 7) is 0.655. The van der Waals surface area contributed by atoms with E-state index in [0.29, 0.717) is 40.9 Å². The van der Waals surface area contributed by atoms with E-state index in [4.69, 9.17) is 33.3 Å². The van der Waals surface area contributed by atoms with Crippen molar-refractivity contribution >= 4 is 11.7 Å². The van der Waals surface area contributed by atoms with Crippen LogP contribution < -0.4 is 23.7 Å². The van der Waals surface area contributed by atoms with E-state index in [9.17, 15) is 4.79 Å². The van der Waals surface area contributed by atoms with Gasteiger partial charge in [0.05, 0.1) is 45.5 Å². The second-order valence-corrected chi connectivity index (χ2v) is 9.54. The van der Waals surface area contributed by atoms with Crippen molar-refractivity contribution in [3.8, 4) is 28.7 Å². The highest BCUT2D eigenvalue weighted by molar-refractivity contribution is 6.08. The summed E-state index contributed by atoms with van der Waals surface area (Å²) in [5.74, 6) is 1.02. The molecule has 6 rings (SSSR count). The molecule has 0 fully saturated rings. The van der Waals surface area contributed by atoms with Crippen LogP contribution in [0, 0.1) is 11.8 Å². The van der Waals surface area contributed by atoms with Crippen LogP contribution in [-0.4, -0.2) is 53.0 Å². The zero-order valence-corrected chi connectivity index (χ0v) is 22.0. The van der Waals surface area contributed by atoms with E-state index in [-0.39, 0.29) is 31.9 Å². The first-order valence-electron chi connectivity index (χ1n) is 12.8. The maximum Gasteiger partial charge on any atom is 0.310 e. The van der Waals surface area contributed by atoms with Crippen molar-refractivity contribution in [3.63, 3.8) is 0 Å². The standard InChI is InChI=1S/C30H29NO8/c1-33-24-11-18(12-25(34-2)29(24)35-3)26-19-13-22-23(38-16-37-22)14-20(19)28-21(15-39-31-28)27(26)30(32)36-10-9-17-7-5-4-6-8-17/h4-8,11-14,21,26-27H,9-10,15-16H2,1-3H3/t21-,26+,27-/m0/s1. The zero-order chi connectivity index (χ0) is 26.9. The van der Waals surface area contributed by atoms with Crippen molar-refractivity contribution in [2.75, 3.05) is 41.3 Å². The largest absolute Gasteiger partial charge is 0.493 e. The van der Waals surface area contributed by atoms with Gasteiger partial charge in [0.1, 0.15) is 6.61 Å². The minimum Gasteiger partial charge on any atom is -0.493 e. The molecule has 9 heteroatoms. The Labute approximate surface area is 226 Å². The average molecular weight is 532 g/mol. The predicted molar refractivity (Wildman–Crippen MR) is 141 cm³/mol. The summed E-state index contributed by atoms with van der Waals surface area (Å²) in [4.78, 5) is 19.5. The third kappa shape index (κ3) is 4.37. The number of carbonyl (C=O) groups is 1. The SMILES string of the molecule is COc1cc([C@@H]2c3cc4c(cc3C3=NOC[C@H]3[C@@H]2C(=O)OCCc2ccccc2)OCO4)cc(OC)c1OC. The molecule has 0 saturated carbocycles. The first-order chi connectivity index (χ1) is 19.1. The molecule has 0 unspecified atom stereocenters. The van der Waals surface area contributed by atoms with Crippen molar-refractivity contribution in [2.45, 2.75) is 12.3 Å². The summed E-state index contributed by atoms with van der Waals surface area (Å²) in [6.07, 6.45) is 0.617. The van der Waals surface area contributed by atoms with E-state index < -0.39 is 11.8 Å². The number of fused-ring (bicyclic) bond motifs is 4. The van der Waals surface area contributed by atoms with Gasteiger partial charge in [0.2, 0.25) is 12.5 Å². The van der Waals surface area contributed by atoms with Crippen LogP contribution in [-0.2, 0) is 20.8 Å². The van der Waals surface area contributed by atoms with Crippen LogP contribution in [0.1, 0.15) is 28.2 Å². The maximum absolute atomic E-state index is 13.9. The fourth-order valence-corrected chi connectivity index (χ4v) is 5.70. The van der Waals surface area contributed by atoms with Crippen molar-refractivity contribution in [1.82, 2.24) is 0 Å². The molecular formula is C30H29NO8. The quantitative estimate of drug-likeness (QED) is 0.397. The molecule has 0 bridgehead atoms. The fraction of sp³-hybridized carbons (Fsp3) is 0.333. The van der Waals surface area contributed by atoms with Crippen molar-refractivity contribution in [2.24, 2.45) is 17.0 Å². The van der Waals surface area contributed by atoms with E-state index in [1.165, 1.54) is 0 Å². The van der Waals surface area contributed by atoms with Crippen LogP contribution in [0.25, 0.3) is 0 Å². The number of nitrogens with zero attached hydrogens (tertiary/aromatic N) is 1. The molecule has 0 N–H and O–H groups in total. The van der Waals surface area contributed by atoms with Gasteiger partial charge in [-0.25, -0.2) is 0 Å². The Morgan fingerprint density at radius 2 is 1.67 bits per heavy atom. The third-order valence-electron chi connectivity index (χ3n) is 7.51. The molecule has 2 heterocycles. The summed E-state index contributed by atoms with van der Waals surface area (Å²) >= 11 is 0. The number of ether oxygens (including phenoxy) is 6. The summed E-state index contributed by atoms with van der Waals surface area (Å²) in [5, 5.41) is 4.35. The molecule has 0 radical (unpaired) electrons. The molecule has 39 heavy (non-hydrogen) atoms. The maximum atomic E-state index is 13.9. The van der Waals surface area contributed by atoms with Gasteiger partial charge in [0, 0.05) is 17.9 Å². The Kier molecular flexibility index (Phi) is 6.64. The minimum atomic E-state index is -0.613. The summed E-state index contributed by atoms with van der Waals surface area (Å²) in [6, 6.07) is 17.5. The molecule has 0 saturated heterocycles. The molecular weight excluding hydrogens is 502 g/mol. The number of oxime groups is 1.